The molecule has 146 valence electrons. The second-order valence-electron chi connectivity index (χ2n) is 6.11. The van der Waals surface area contributed by atoms with Crippen molar-refractivity contribution in [3.63, 3.8) is 0 Å². The third kappa shape index (κ3) is 4.97. The number of benzene rings is 2. The first-order valence-corrected chi connectivity index (χ1v) is 10.5. The molecule has 0 unspecified atom stereocenters. The van der Waals surface area contributed by atoms with Gasteiger partial charge < -0.3 is 9.47 Å². The van der Waals surface area contributed by atoms with Crippen molar-refractivity contribution < 1.29 is 19.1 Å². The minimum Gasteiger partial charge on any atom is -0.493 e. The molecule has 2 aromatic carbocycles. The number of hydrogen-bond acceptors (Lipinski definition) is 5. The van der Waals surface area contributed by atoms with Crippen LogP contribution in [0.25, 0.3) is 6.08 Å². The molecule has 0 N–H and O–H groups in total. The predicted molar refractivity (Wildman–Crippen MR) is 115 cm³/mol. The number of aryl methyl sites for hydroxylation is 1. The van der Waals surface area contributed by atoms with Gasteiger partial charge in [-0.25, -0.2) is 0 Å². The van der Waals surface area contributed by atoms with Crippen LogP contribution in [0.3, 0.4) is 0 Å². The molecule has 1 fully saturated rings. The lowest BCUT2D eigenvalue weighted by atomic mass is 10.2. The van der Waals surface area contributed by atoms with E-state index in [1.165, 1.54) is 4.90 Å². The van der Waals surface area contributed by atoms with Gasteiger partial charge in [0.25, 0.3) is 11.1 Å². The van der Waals surface area contributed by atoms with Gasteiger partial charge in [-0.2, -0.15) is 0 Å². The first-order chi connectivity index (χ1) is 13.5. The van der Waals surface area contributed by atoms with Crippen molar-refractivity contribution >= 4 is 44.9 Å². The van der Waals surface area contributed by atoms with E-state index in [0.717, 1.165) is 27.4 Å². The van der Waals surface area contributed by atoms with Crippen molar-refractivity contribution in [3.05, 3.63) is 63.0 Å². The highest BCUT2D eigenvalue weighted by molar-refractivity contribution is 9.10. The van der Waals surface area contributed by atoms with Crippen LogP contribution in [0.4, 0.5) is 4.79 Å². The highest BCUT2D eigenvalue weighted by Crippen LogP contribution is 2.34. The Balaban J connectivity index is 1.68. The minimum absolute atomic E-state index is 0.201. The Morgan fingerprint density at radius 2 is 1.86 bits per heavy atom. The molecule has 1 aliphatic heterocycles. The van der Waals surface area contributed by atoms with E-state index in [0.29, 0.717) is 23.0 Å². The standard InChI is InChI=1S/C21H20BrNO4S/c1-3-26-18-9-6-16(22)12-15(18)13-19-20(24)23(21(25)28-19)10-11-27-17-7-4-14(2)5-8-17/h4-9,12-13H,3,10-11H2,1-2H3/b19-13-. The van der Waals surface area contributed by atoms with E-state index >= 15 is 0 Å². The smallest absolute Gasteiger partial charge is 0.293 e. The van der Waals surface area contributed by atoms with Gasteiger partial charge >= 0.3 is 0 Å². The molecule has 1 aliphatic rings. The maximum absolute atomic E-state index is 12.7. The Morgan fingerprint density at radius 1 is 1.11 bits per heavy atom. The van der Waals surface area contributed by atoms with Crippen LogP contribution in [0.15, 0.2) is 51.8 Å². The fraction of sp³-hybridized carbons (Fsp3) is 0.238. The Hall–Kier alpha value is -2.25. The van der Waals surface area contributed by atoms with E-state index in [4.69, 9.17) is 9.47 Å². The predicted octanol–water partition coefficient (Wildman–Crippen LogP) is 5.27. The molecule has 2 amide bonds. The molecule has 7 heteroatoms. The van der Waals surface area contributed by atoms with Gasteiger partial charge in [-0.3, -0.25) is 14.5 Å². The number of carbonyl (C=O) groups excluding carboxylic acids is 2. The molecule has 28 heavy (non-hydrogen) atoms. The zero-order chi connectivity index (χ0) is 20.1. The third-order valence-electron chi connectivity index (χ3n) is 4.04. The quantitative estimate of drug-likeness (QED) is 0.525. The molecular formula is C21H20BrNO4S. The monoisotopic (exact) mass is 461 g/mol. The first kappa shape index (κ1) is 20.5. The van der Waals surface area contributed by atoms with Crippen molar-refractivity contribution in [1.29, 1.82) is 0 Å². The van der Waals surface area contributed by atoms with Crippen LogP contribution in [-0.4, -0.2) is 35.8 Å². The maximum atomic E-state index is 12.7. The van der Waals surface area contributed by atoms with Crippen molar-refractivity contribution in [2.24, 2.45) is 0 Å². The van der Waals surface area contributed by atoms with E-state index in [1.807, 2.05) is 56.3 Å². The van der Waals surface area contributed by atoms with E-state index in [-0.39, 0.29) is 24.3 Å². The zero-order valence-corrected chi connectivity index (χ0v) is 18.0. The molecule has 0 spiro atoms. The number of ether oxygens (including phenoxy) is 2. The van der Waals surface area contributed by atoms with Gasteiger partial charge in [0.1, 0.15) is 18.1 Å². The highest BCUT2D eigenvalue weighted by atomic mass is 79.9. The van der Waals surface area contributed by atoms with Crippen molar-refractivity contribution in [2.75, 3.05) is 19.8 Å². The van der Waals surface area contributed by atoms with Crippen LogP contribution in [0.1, 0.15) is 18.1 Å². The van der Waals surface area contributed by atoms with Gasteiger partial charge in [0.2, 0.25) is 0 Å². The van der Waals surface area contributed by atoms with Crippen LogP contribution in [0.2, 0.25) is 0 Å². The summed E-state index contributed by atoms with van der Waals surface area (Å²) >= 11 is 4.36. The summed E-state index contributed by atoms with van der Waals surface area (Å²) in [7, 11) is 0. The molecule has 1 saturated heterocycles. The van der Waals surface area contributed by atoms with Crippen molar-refractivity contribution in [1.82, 2.24) is 4.90 Å². The van der Waals surface area contributed by atoms with Crippen molar-refractivity contribution in [2.45, 2.75) is 13.8 Å². The van der Waals surface area contributed by atoms with Crippen LogP contribution >= 0.6 is 27.7 Å². The maximum Gasteiger partial charge on any atom is 0.293 e. The Bertz CT molecular complexity index is 911. The molecule has 0 radical (unpaired) electrons. The number of amides is 2. The number of thioether (sulfide) groups is 1. The third-order valence-corrected chi connectivity index (χ3v) is 5.44. The summed E-state index contributed by atoms with van der Waals surface area (Å²) in [6, 6.07) is 13.2. The van der Waals surface area contributed by atoms with Gasteiger partial charge in [0.05, 0.1) is 18.1 Å². The fourth-order valence-electron chi connectivity index (χ4n) is 2.64. The molecular weight excluding hydrogens is 442 g/mol. The number of imide groups is 1. The lowest BCUT2D eigenvalue weighted by Gasteiger charge is -2.13. The van der Waals surface area contributed by atoms with Gasteiger partial charge in [-0.15, -0.1) is 0 Å². The number of halogens is 1. The average molecular weight is 462 g/mol. The summed E-state index contributed by atoms with van der Waals surface area (Å²) in [5, 5.41) is -0.295. The fourth-order valence-corrected chi connectivity index (χ4v) is 3.88. The van der Waals surface area contributed by atoms with Crippen LogP contribution in [0, 0.1) is 6.92 Å². The Kier molecular flexibility index (Phi) is 6.80. The molecule has 0 bridgehead atoms. The summed E-state index contributed by atoms with van der Waals surface area (Å²) in [5.74, 6) is 1.06. The van der Waals surface area contributed by atoms with E-state index in [1.54, 1.807) is 6.08 Å². The number of rotatable bonds is 7. The average Bonchev–Trinajstić information content (AvgIpc) is 2.93. The SMILES string of the molecule is CCOc1ccc(Br)cc1/C=C1\SC(=O)N(CCOc2ccc(C)cc2)C1=O. The lowest BCUT2D eigenvalue weighted by Crippen LogP contribution is -2.32. The summed E-state index contributed by atoms with van der Waals surface area (Å²) in [4.78, 5) is 26.5. The highest BCUT2D eigenvalue weighted by Gasteiger charge is 2.35. The zero-order valence-electron chi connectivity index (χ0n) is 15.6. The second-order valence-corrected chi connectivity index (χ2v) is 8.02. The number of hydrogen-bond donors (Lipinski definition) is 0. The van der Waals surface area contributed by atoms with E-state index in [2.05, 4.69) is 15.9 Å². The molecule has 1 heterocycles. The summed E-state index contributed by atoms with van der Waals surface area (Å²) in [6.45, 7) is 4.86. The van der Waals surface area contributed by atoms with Gasteiger partial charge in [-0.05, 0) is 62.0 Å². The molecule has 3 rings (SSSR count). The van der Waals surface area contributed by atoms with Crippen molar-refractivity contribution in [3.8, 4) is 11.5 Å². The summed E-state index contributed by atoms with van der Waals surface area (Å²) < 4.78 is 12.1. The van der Waals surface area contributed by atoms with Crippen LogP contribution in [0.5, 0.6) is 11.5 Å². The first-order valence-electron chi connectivity index (χ1n) is 8.85. The van der Waals surface area contributed by atoms with Gasteiger partial charge in [-0.1, -0.05) is 33.6 Å². The Morgan fingerprint density at radius 3 is 2.57 bits per heavy atom. The normalized spacial score (nSPS) is 15.4. The van der Waals surface area contributed by atoms with Crippen LogP contribution < -0.4 is 9.47 Å². The van der Waals surface area contributed by atoms with E-state index < -0.39 is 0 Å². The molecule has 0 saturated carbocycles. The number of carbonyl (C=O) groups is 2. The number of nitrogens with zero attached hydrogens (tertiary/aromatic N) is 1. The molecule has 0 aromatic heterocycles. The molecule has 0 atom stereocenters. The molecule has 5 nitrogen and oxygen atoms in total. The second kappa shape index (κ2) is 9.30. The topological polar surface area (TPSA) is 55.8 Å². The molecule has 2 aromatic rings. The summed E-state index contributed by atoms with van der Waals surface area (Å²) in [6.07, 6.45) is 1.70. The molecule has 0 aliphatic carbocycles. The van der Waals surface area contributed by atoms with Gasteiger partial charge in [0.15, 0.2) is 0 Å². The largest absolute Gasteiger partial charge is 0.493 e. The lowest BCUT2D eigenvalue weighted by molar-refractivity contribution is -0.123. The Labute approximate surface area is 176 Å². The van der Waals surface area contributed by atoms with Crippen LogP contribution in [-0.2, 0) is 4.79 Å². The summed E-state index contributed by atoms with van der Waals surface area (Å²) in [5.41, 5.74) is 1.89. The minimum atomic E-state index is -0.315. The van der Waals surface area contributed by atoms with E-state index in [9.17, 15) is 9.59 Å². The van der Waals surface area contributed by atoms with Gasteiger partial charge in [0, 0.05) is 10.0 Å².